The Hall–Kier alpha value is -4.19. The van der Waals surface area contributed by atoms with Gasteiger partial charge in [0.2, 0.25) is 0 Å². The van der Waals surface area contributed by atoms with Crippen molar-refractivity contribution in [2.75, 3.05) is 11.9 Å². The van der Waals surface area contributed by atoms with Gasteiger partial charge in [0.1, 0.15) is 22.8 Å². The molecule has 0 aliphatic carbocycles. The van der Waals surface area contributed by atoms with Crippen LogP contribution < -0.4 is 10.1 Å². The number of hydrogen-bond donors (Lipinski definition) is 3. The highest BCUT2D eigenvalue weighted by Gasteiger charge is 2.16. The van der Waals surface area contributed by atoms with Crippen molar-refractivity contribution in [1.29, 1.82) is 0 Å². The number of aromatic hydroxyl groups is 1. The third kappa shape index (κ3) is 4.44. The fraction of sp³-hybridized carbons (Fsp3) is 0.115. The predicted octanol–water partition coefficient (Wildman–Crippen LogP) is 6.16. The molecule has 3 N–H and O–H groups in total. The van der Waals surface area contributed by atoms with Crippen molar-refractivity contribution in [3.63, 3.8) is 0 Å². The number of nitrogens with zero attached hydrogens (tertiary/aromatic N) is 1. The molecule has 6 nitrogen and oxygen atoms in total. The molecule has 0 atom stereocenters. The van der Waals surface area contributed by atoms with Crippen molar-refractivity contribution in [3.05, 3.63) is 90.8 Å². The quantitative estimate of drug-likeness (QED) is 0.313. The maximum absolute atomic E-state index is 11.2. The molecule has 0 saturated heterocycles. The van der Waals surface area contributed by atoms with Crippen molar-refractivity contribution in [1.82, 2.24) is 4.57 Å². The number of rotatable bonds is 8. The van der Waals surface area contributed by atoms with E-state index in [0.29, 0.717) is 5.69 Å². The molecule has 0 fully saturated rings. The highest BCUT2D eigenvalue weighted by Crippen LogP contribution is 2.39. The minimum absolute atomic E-state index is 0.132. The van der Waals surface area contributed by atoms with Crippen LogP contribution in [0.5, 0.6) is 17.2 Å². The van der Waals surface area contributed by atoms with Crippen LogP contribution in [0.1, 0.15) is 23.7 Å². The summed E-state index contributed by atoms with van der Waals surface area (Å²) >= 11 is 0. The van der Waals surface area contributed by atoms with Crippen LogP contribution in [0, 0.1) is 0 Å². The smallest absolute Gasteiger partial charge is 0.339 e. The van der Waals surface area contributed by atoms with E-state index in [0.717, 1.165) is 41.3 Å². The molecule has 0 radical (unpaired) electrons. The fourth-order valence-corrected chi connectivity index (χ4v) is 3.47. The lowest BCUT2D eigenvalue weighted by molar-refractivity contribution is 0.0693. The van der Waals surface area contributed by atoms with Crippen LogP contribution in [-0.4, -0.2) is 27.3 Å². The largest absolute Gasteiger partial charge is 0.507 e. The van der Waals surface area contributed by atoms with Crippen molar-refractivity contribution in [2.45, 2.75) is 13.3 Å². The zero-order valence-electron chi connectivity index (χ0n) is 17.7. The van der Waals surface area contributed by atoms with Crippen molar-refractivity contribution in [3.8, 4) is 34.1 Å². The zero-order chi connectivity index (χ0) is 22.5. The molecule has 162 valence electrons. The number of nitrogens with one attached hydrogen (secondary N) is 1. The first-order valence-electron chi connectivity index (χ1n) is 10.4. The van der Waals surface area contributed by atoms with E-state index in [1.54, 1.807) is 6.07 Å². The Labute approximate surface area is 186 Å². The number of phenols is 1. The summed E-state index contributed by atoms with van der Waals surface area (Å²) in [5, 5.41) is 22.8. The Balaban J connectivity index is 1.77. The van der Waals surface area contributed by atoms with Gasteiger partial charge in [-0.3, -0.25) is 0 Å². The lowest BCUT2D eigenvalue weighted by atomic mass is 10.1. The van der Waals surface area contributed by atoms with E-state index < -0.39 is 5.97 Å². The Morgan fingerprint density at radius 3 is 2.44 bits per heavy atom. The van der Waals surface area contributed by atoms with Gasteiger partial charge in [0.05, 0.1) is 5.69 Å². The first-order valence-corrected chi connectivity index (χ1v) is 10.4. The zero-order valence-corrected chi connectivity index (χ0v) is 17.7. The number of benzene rings is 3. The molecule has 1 heterocycles. The van der Waals surface area contributed by atoms with Gasteiger partial charge in [-0.1, -0.05) is 43.3 Å². The highest BCUT2D eigenvalue weighted by atomic mass is 16.5. The molecule has 0 bridgehead atoms. The number of ether oxygens (including phenoxy) is 1. The molecule has 0 aliphatic rings. The van der Waals surface area contributed by atoms with Gasteiger partial charge in [-0.2, -0.15) is 0 Å². The molecule has 0 aliphatic heterocycles. The highest BCUT2D eigenvalue weighted by molar-refractivity contribution is 5.91. The van der Waals surface area contributed by atoms with Crippen molar-refractivity contribution in [2.24, 2.45) is 0 Å². The van der Waals surface area contributed by atoms with Gasteiger partial charge in [0.15, 0.2) is 0 Å². The van der Waals surface area contributed by atoms with Gasteiger partial charge < -0.3 is 24.8 Å². The second kappa shape index (κ2) is 9.31. The first kappa shape index (κ1) is 21.1. The first-order chi connectivity index (χ1) is 15.6. The van der Waals surface area contributed by atoms with E-state index in [1.807, 2.05) is 71.6 Å². The average Bonchev–Trinajstić information content (AvgIpc) is 3.22. The van der Waals surface area contributed by atoms with Gasteiger partial charge in [-0.05, 0) is 36.8 Å². The molecule has 0 spiro atoms. The van der Waals surface area contributed by atoms with Gasteiger partial charge in [-0.15, -0.1) is 0 Å². The molecule has 4 rings (SSSR count). The molecular formula is C26H24N2O4. The lowest BCUT2D eigenvalue weighted by Crippen LogP contribution is -2.00. The van der Waals surface area contributed by atoms with Gasteiger partial charge in [-0.25, -0.2) is 4.79 Å². The number of anilines is 1. The van der Waals surface area contributed by atoms with Crippen LogP contribution >= 0.6 is 0 Å². The third-order valence-electron chi connectivity index (χ3n) is 5.05. The molecule has 0 saturated carbocycles. The van der Waals surface area contributed by atoms with Crippen LogP contribution in [0.25, 0.3) is 16.8 Å². The minimum Gasteiger partial charge on any atom is -0.507 e. The summed E-state index contributed by atoms with van der Waals surface area (Å²) in [5.74, 6) is 0.0253. The van der Waals surface area contributed by atoms with Crippen LogP contribution in [-0.2, 0) is 0 Å². The summed E-state index contributed by atoms with van der Waals surface area (Å²) in [6.45, 7) is 2.89. The number of para-hydroxylation sites is 2. The molecule has 0 amide bonds. The second-order valence-corrected chi connectivity index (χ2v) is 7.34. The summed E-state index contributed by atoms with van der Waals surface area (Å²) < 4.78 is 8.02. The standard InChI is InChI=1S/C26H24N2O4/c1-2-14-27-23-17-28(18-12-13-21(26(30)31)24(29)15-18)16-22(23)20-10-6-7-11-25(20)32-19-8-4-3-5-9-19/h3-13,15-17,27,29H,2,14H2,1H3,(H,30,31). The Morgan fingerprint density at radius 2 is 1.72 bits per heavy atom. The Bertz CT molecular complexity index is 1230. The van der Waals surface area contributed by atoms with Crippen molar-refractivity contribution >= 4 is 11.7 Å². The Kier molecular flexibility index (Phi) is 6.12. The summed E-state index contributed by atoms with van der Waals surface area (Å²) in [5.41, 5.74) is 3.29. The fourth-order valence-electron chi connectivity index (χ4n) is 3.47. The molecule has 0 unspecified atom stereocenters. The van der Waals surface area contributed by atoms with Gasteiger partial charge >= 0.3 is 5.97 Å². The number of aromatic carboxylic acids is 1. The number of carboxylic acid groups (broad SMARTS) is 1. The lowest BCUT2D eigenvalue weighted by Gasteiger charge is -2.12. The summed E-state index contributed by atoms with van der Waals surface area (Å²) in [6.07, 6.45) is 4.83. The van der Waals surface area contributed by atoms with Crippen LogP contribution in [0.2, 0.25) is 0 Å². The number of carbonyl (C=O) groups is 1. The molecule has 1 aromatic heterocycles. The minimum atomic E-state index is -1.17. The number of carboxylic acids is 1. The molecule has 6 heteroatoms. The van der Waals surface area contributed by atoms with E-state index in [9.17, 15) is 15.0 Å². The summed E-state index contributed by atoms with van der Waals surface area (Å²) in [6, 6.07) is 21.9. The average molecular weight is 428 g/mol. The van der Waals surface area contributed by atoms with E-state index >= 15 is 0 Å². The van der Waals surface area contributed by atoms with E-state index in [1.165, 1.54) is 12.1 Å². The van der Waals surface area contributed by atoms with Crippen molar-refractivity contribution < 1.29 is 19.7 Å². The van der Waals surface area contributed by atoms with E-state index in [4.69, 9.17) is 4.74 Å². The summed E-state index contributed by atoms with van der Waals surface area (Å²) in [7, 11) is 0. The van der Waals surface area contributed by atoms with E-state index in [-0.39, 0.29) is 11.3 Å². The SMILES string of the molecule is CCCNc1cn(-c2ccc(C(=O)O)c(O)c2)cc1-c1ccccc1Oc1ccccc1. The van der Waals surface area contributed by atoms with Crippen LogP contribution in [0.4, 0.5) is 5.69 Å². The monoisotopic (exact) mass is 428 g/mol. The number of hydrogen-bond acceptors (Lipinski definition) is 4. The molecule has 4 aromatic rings. The van der Waals surface area contributed by atoms with Gasteiger partial charge in [0.25, 0.3) is 0 Å². The predicted molar refractivity (Wildman–Crippen MR) is 125 cm³/mol. The number of aromatic nitrogens is 1. The maximum Gasteiger partial charge on any atom is 0.339 e. The van der Waals surface area contributed by atoms with Crippen LogP contribution in [0.15, 0.2) is 85.2 Å². The third-order valence-corrected chi connectivity index (χ3v) is 5.05. The van der Waals surface area contributed by atoms with Gasteiger partial charge in [0, 0.05) is 41.8 Å². The Morgan fingerprint density at radius 1 is 0.969 bits per heavy atom. The molecular weight excluding hydrogens is 404 g/mol. The van der Waals surface area contributed by atoms with Crippen LogP contribution in [0.3, 0.4) is 0 Å². The normalized spacial score (nSPS) is 10.7. The molecule has 3 aromatic carbocycles. The maximum atomic E-state index is 11.2. The topological polar surface area (TPSA) is 83.7 Å². The summed E-state index contributed by atoms with van der Waals surface area (Å²) in [4.78, 5) is 11.2. The second-order valence-electron chi connectivity index (χ2n) is 7.34. The molecule has 32 heavy (non-hydrogen) atoms. The van der Waals surface area contributed by atoms with E-state index in [2.05, 4.69) is 12.2 Å².